The van der Waals surface area contributed by atoms with Crippen molar-refractivity contribution in [1.82, 2.24) is 0 Å². The minimum absolute atomic E-state index is 0.215. The van der Waals surface area contributed by atoms with Gasteiger partial charge in [0.05, 0.1) is 19.6 Å². The molecule has 74 valence electrons. The highest BCUT2D eigenvalue weighted by molar-refractivity contribution is 5.71. The second kappa shape index (κ2) is 2.96. The molecule has 1 heterocycles. The molecule has 4 nitrogen and oxygen atoms in total. The molecule has 2 rings (SSSR count). The number of ether oxygens (including phenoxy) is 2. The van der Waals surface area contributed by atoms with E-state index in [0.29, 0.717) is 18.4 Å². The predicted octanol–water partition coefficient (Wildman–Crippen LogP) is 0.0558. The highest BCUT2D eigenvalue weighted by atomic mass is 16.5. The van der Waals surface area contributed by atoms with Crippen molar-refractivity contribution in [2.24, 2.45) is 11.7 Å². The molecule has 13 heavy (non-hydrogen) atoms. The minimum atomic E-state index is -0.353. The van der Waals surface area contributed by atoms with E-state index in [0.717, 1.165) is 19.4 Å². The Bertz CT molecular complexity index is 231. The molecule has 0 aromatic rings. The lowest BCUT2D eigenvalue weighted by atomic mass is 9.63. The summed E-state index contributed by atoms with van der Waals surface area (Å²) in [5.74, 6) is 0.152. The summed E-state index contributed by atoms with van der Waals surface area (Å²) >= 11 is 0. The Morgan fingerprint density at radius 1 is 1.77 bits per heavy atom. The molecule has 1 aliphatic heterocycles. The first-order valence-corrected chi connectivity index (χ1v) is 4.63. The molecule has 2 aliphatic rings. The first kappa shape index (κ1) is 8.97. The van der Waals surface area contributed by atoms with Crippen LogP contribution in [0.15, 0.2) is 0 Å². The fraction of sp³-hybridized carbons (Fsp3) is 0.889. The van der Waals surface area contributed by atoms with Gasteiger partial charge >= 0.3 is 5.97 Å². The normalized spacial score (nSPS) is 42.3. The van der Waals surface area contributed by atoms with Gasteiger partial charge in [-0.2, -0.15) is 0 Å². The summed E-state index contributed by atoms with van der Waals surface area (Å²) in [7, 11) is 1.40. The quantitative estimate of drug-likeness (QED) is 0.618. The van der Waals surface area contributed by atoms with Gasteiger partial charge in [-0.15, -0.1) is 0 Å². The van der Waals surface area contributed by atoms with E-state index < -0.39 is 0 Å². The number of hydrogen-bond acceptors (Lipinski definition) is 4. The second-order valence-electron chi connectivity index (χ2n) is 3.99. The molecule has 0 aromatic heterocycles. The lowest BCUT2D eigenvalue weighted by Crippen LogP contribution is -2.62. The number of carbonyl (C=O) groups is 1. The molecule has 2 fully saturated rings. The van der Waals surface area contributed by atoms with Gasteiger partial charge in [-0.25, -0.2) is 0 Å². The van der Waals surface area contributed by atoms with Crippen LogP contribution in [0.5, 0.6) is 0 Å². The van der Waals surface area contributed by atoms with Crippen molar-refractivity contribution in [3.05, 3.63) is 0 Å². The van der Waals surface area contributed by atoms with Crippen LogP contribution in [0.1, 0.15) is 19.3 Å². The zero-order valence-electron chi connectivity index (χ0n) is 7.79. The van der Waals surface area contributed by atoms with Crippen LogP contribution in [-0.4, -0.2) is 31.3 Å². The summed E-state index contributed by atoms with van der Waals surface area (Å²) in [5, 5.41) is 0. The number of carbonyl (C=O) groups excluding carboxylic acids is 1. The fourth-order valence-corrected chi connectivity index (χ4v) is 2.42. The Kier molecular flexibility index (Phi) is 2.04. The van der Waals surface area contributed by atoms with Gasteiger partial charge in [0.15, 0.2) is 0 Å². The molecule has 0 bridgehead atoms. The number of nitrogens with two attached hydrogens (primary N) is 1. The summed E-state index contributed by atoms with van der Waals surface area (Å²) in [6.07, 6.45) is 2.41. The van der Waals surface area contributed by atoms with Crippen molar-refractivity contribution in [3.8, 4) is 0 Å². The van der Waals surface area contributed by atoms with Crippen LogP contribution >= 0.6 is 0 Å². The van der Waals surface area contributed by atoms with Crippen molar-refractivity contribution >= 4 is 5.97 Å². The predicted molar refractivity (Wildman–Crippen MR) is 46.0 cm³/mol. The standard InChI is InChI=1S/C9H15NO3/c1-12-8(11)5-9(10)4-7-6(9)2-3-13-7/h6-7H,2-5,10H2,1H3/t6-,7-,9?/m1/s1. The molecule has 0 amide bonds. The van der Waals surface area contributed by atoms with E-state index in [4.69, 9.17) is 10.5 Å². The molecule has 0 radical (unpaired) electrons. The SMILES string of the molecule is COC(=O)CC1(N)C[C@H]2OCC[C@H]21. The Morgan fingerprint density at radius 2 is 2.54 bits per heavy atom. The average molecular weight is 185 g/mol. The minimum Gasteiger partial charge on any atom is -0.469 e. The van der Waals surface area contributed by atoms with Crippen LogP contribution in [0, 0.1) is 5.92 Å². The Balaban J connectivity index is 1.95. The highest BCUT2D eigenvalue weighted by Gasteiger charge is 2.55. The van der Waals surface area contributed by atoms with Gasteiger partial charge in [-0.1, -0.05) is 0 Å². The maximum Gasteiger partial charge on any atom is 0.307 e. The van der Waals surface area contributed by atoms with Crippen LogP contribution in [0.3, 0.4) is 0 Å². The topological polar surface area (TPSA) is 61.5 Å². The highest BCUT2D eigenvalue weighted by Crippen LogP contribution is 2.47. The zero-order chi connectivity index (χ0) is 9.47. The monoisotopic (exact) mass is 185 g/mol. The second-order valence-corrected chi connectivity index (χ2v) is 3.99. The van der Waals surface area contributed by atoms with Crippen LogP contribution in [0.2, 0.25) is 0 Å². The summed E-state index contributed by atoms with van der Waals surface area (Å²) in [5.41, 5.74) is 5.73. The molecule has 1 aliphatic carbocycles. The lowest BCUT2D eigenvalue weighted by molar-refractivity contribution is -0.145. The molecular formula is C9H15NO3. The molecule has 2 N–H and O–H groups in total. The van der Waals surface area contributed by atoms with Gasteiger partial charge in [0.1, 0.15) is 0 Å². The number of fused-ring (bicyclic) bond motifs is 1. The molecular weight excluding hydrogens is 170 g/mol. The maximum absolute atomic E-state index is 11.1. The fourth-order valence-electron chi connectivity index (χ4n) is 2.42. The van der Waals surface area contributed by atoms with E-state index >= 15 is 0 Å². The first-order chi connectivity index (χ1) is 6.15. The molecule has 1 saturated heterocycles. The summed E-state index contributed by atoms with van der Waals surface area (Å²) in [4.78, 5) is 11.1. The van der Waals surface area contributed by atoms with Crippen molar-refractivity contribution < 1.29 is 14.3 Å². The summed E-state index contributed by atoms with van der Waals surface area (Å²) < 4.78 is 10.0. The van der Waals surface area contributed by atoms with Gasteiger partial charge in [0.25, 0.3) is 0 Å². The third-order valence-electron chi connectivity index (χ3n) is 3.23. The van der Waals surface area contributed by atoms with Gasteiger partial charge in [0, 0.05) is 18.1 Å². The van der Waals surface area contributed by atoms with Crippen molar-refractivity contribution in [1.29, 1.82) is 0 Å². The molecule has 3 atom stereocenters. The van der Waals surface area contributed by atoms with E-state index in [2.05, 4.69) is 4.74 Å². The largest absolute Gasteiger partial charge is 0.469 e. The number of esters is 1. The van der Waals surface area contributed by atoms with Crippen LogP contribution < -0.4 is 5.73 Å². The van der Waals surface area contributed by atoms with Gasteiger partial charge in [0.2, 0.25) is 0 Å². The van der Waals surface area contributed by atoms with E-state index in [1.807, 2.05) is 0 Å². The van der Waals surface area contributed by atoms with Crippen LogP contribution in [0.25, 0.3) is 0 Å². The molecule has 0 aromatic carbocycles. The number of methoxy groups -OCH3 is 1. The van der Waals surface area contributed by atoms with Gasteiger partial charge in [-0.3, -0.25) is 4.79 Å². The summed E-state index contributed by atoms with van der Waals surface area (Å²) in [6.45, 7) is 0.787. The van der Waals surface area contributed by atoms with Gasteiger partial charge in [-0.05, 0) is 12.8 Å². The van der Waals surface area contributed by atoms with Crippen molar-refractivity contribution in [3.63, 3.8) is 0 Å². The Hall–Kier alpha value is -0.610. The number of hydrogen-bond donors (Lipinski definition) is 1. The third-order valence-corrected chi connectivity index (χ3v) is 3.23. The van der Waals surface area contributed by atoms with Crippen molar-refractivity contribution in [2.75, 3.05) is 13.7 Å². The average Bonchev–Trinajstić information content (AvgIpc) is 2.47. The Labute approximate surface area is 77.4 Å². The Morgan fingerprint density at radius 3 is 3.15 bits per heavy atom. The van der Waals surface area contributed by atoms with E-state index in [9.17, 15) is 4.79 Å². The molecule has 1 unspecified atom stereocenters. The van der Waals surface area contributed by atoms with E-state index in [-0.39, 0.29) is 11.5 Å². The third kappa shape index (κ3) is 1.34. The van der Waals surface area contributed by atoms with E-state index in [1.54, 1.807) is 0 Å². The van der Waals surface area contributed by atoms with Gasteiger partial charge < -0.3 is 15.2 Å². The van der Waals surface area contributed by atoms with Crippen LogP contribution in [0.4, 0.5) is 0 Å². The molecule has 0 spiro atoms. The zero-order valence-corrected chi connectivity index (χ0v) is 7.79. The van der Waals surface area contributed by atoms with E-state index in [1.165, 1.54) is 7.11 Å². The van der Waals surface area contributed by atoms with Crippen molar-refractivity contribution in [2.45, 2.75) is 30.9 Å². The lowest BCUT2D eigenvalue weighted by Gasteiger charge is -2.48. The first-order valence-electron chi connectivity index (χ1n) is 4.63. The molecule has 1 saturated carbocycles. The van der Waals surface area contributed by atoms with Crippen LogP contribution in [-0.2, 0) is 14.3 Å². The smallest absolute Gasteiger partial charge is 0.307 e. The molecule has 4 heteroatoms. The number of rotatable bonds is 2. The summed E-state index contributed by atoms with van der Waals surface area (Å²) in [6, 6.07) is 0. The maximum atomic E-state index is 11.1.